The lowest BCUT2D eigenvalue weighted by atomic mass is 10.0. The van der Waals surface area contributed by atoms with Crippen LogP contribution in [0.3, 0.4) is 0 Å². The Morgan fingerprint density at radius 1 is 1.21 bits per heavy atom. The van der Waals surface area contributed by atoms with Crippen LogP contribution in [-0.2, 0) is 0 Å². The molecule has 1 aromatic carbocycles. The van der Waals surface area contributed by atoms with Gasteiger partial charge in [-0.3, -0.25) is 0 Å². The van der Waals surface area contributed by atoms with Gasteiger partial charge >= 0.3 is 0 Å². The highest BCUT2D eigenvalue weighted by Crippen LogP contribution is 2.26. The largest absolute Gasteiger partial charge is 0.481 e. The maximum absolute atomic E-state index is 5.21. The fraction of sp³-hybridized carbons (Fsp3) is 0.450. The van der Waals surface area contributed by atoms with Crippen molar-refractivity contribution in [1.82, 2.24) is 10.3 Å². The summed E-state index contributed by atoms with van der Waals surface area (Å²) in [7, 11) is 1.65. The molecule has 24 heavy (non-hydrogen) atoms. The van der Waals surface area contributed by atoms with Crippen molar-refractivity contribution in [1.29, 1.82) is 0 Å². The van der Waals surface area contributed by atoms with Crippen LogP contribution in [0.15, 0.2) is 42.6 Å². The zero-order valence-corrected chi connectivity index (χ0v) is 14.8. The van der Waals surface area contributed by atoms with Crippen molar-refractivity contribution in [2.24, 2.45) is 5.92 Å². The van der Waals surface area contributed by atoms with Crippen LogP contribution in [-0.4, -0.2) is 37.8 Å². The minimum atomic E-state index is 0.586. The fourth-order valence-electron chi connectivity index (χ4n) is 3.35. The monoisotopic (exact) mass is 325 g/mol. The molecule has 0 bridgehead atoms. The van der Waals surface area contributed by atoms with E-state index in [1.54, 1.807) is 13.3 Å². The molecule has 4 heteroatoms. The molecule has 1 aliphatic rings. The van der Waals surface area contributed by atoms with E-state index in [-0.39, 0.29) is 0 Å². The molecule has 1 saturated heterocycles. The highest BCUT2D eigenvalue weighted by molar-refractivity contribution is 5.67. The van der Waals surface area contributed by atoms with Crippen LogP contribution in [0.4, 0.5) is 5.69 Å². The van der Waals surface area contributed by atoms with Crippen molar-refractivity contribution < 1.29 is 4.74 Å². The maximum atomic E-state index is 5.21. The van der Waals surface area contributed by atoms with Gasteiger partial charge in [-0.15, -0.1) is 0 Å². The summed E-state index contributed by atoms with van der Waals surface area (Å²) in [5.74, 6) is 1.38. The Labute approximate surface area is 144 Å². The molecule has 1 fully saturated rings. The van der Waals surface area contributed by atoms with Gasteiger partial charge in [-0.2, -0.15) is 0 Å². The molecule has 2 heterocycles. The molecule has 4 nitrogen and oxygen atoms in total. The normalized spacial score (nSPS) is 18.0. The molecule has 1 atom stereocenters. The summed E-state index contributed by atoms with van der Waals surface area (Å²) in [5, 5.41) is 3.64. The molecular formula is C20H27N3O. The SMILES string of the molecule is COc1cc(-c2ccc(N3CCNC(CC(C)C)C3)cc2)ccn1. The Kier molecular flexibility index (Phi) is 5.36. The van der Waals surface area contributed by atoms with Crippen LogP contribution < -0.4 is 15.0 Å². The first kappa shape index (κ1) is 16.8. The first-order valence-corrected chi connectivity index (χ1v) is 8.74. The van der Waals surface area contributed by atoms with E-state index in [2.05, 4.69) is 53.3 Å². The summed E-state index contributed by atoms with van der Waals surface area (Å²) in [6.45, 7) is 7.79. The minimum absolute atomic E-state index is 0.586. The van der Waals surface area contributed by atoms with Crippen LogP contribution in [0.1, 0.15) is 20.3 Å². The highest BCUT2D eigenvalue weighted by Gasteiger charge is 2.20. The Morgan fingerprint density at radius 3 is 2.71 bits per heavy atom. The molecule has 1 N–H and O–H groups in total. The number of anilines is 1. The quantitative estimate of drug-likeness (QED) is 0.912. The minimum Gasteiger partial charge on any atom is -0.481 e. The lowest BCUT2D eigenvalue weighted by Crippen LogP contribution is -2.51. The van der Waals surface area contributed by atoms with Crippen LogP contribution in [0.2, 0.25) is 0 Å². The second-order valence-corrected chi connectivity index (χ2v) is 6.86. The number of benzene rings is 1. The Balaban J connectivity index is 1.72. The first-order valence-electron chi connectivity index (χ1n) is 8.74. The van der Waals surface area contributed by atoms with Gasteiger partial charge in [0, 0.05) is 43.6 Å². The van der Waals surface area contributed by atoms with Crippen molar-refractivity contribution >= 4 is 5.69 Å². The van der Waals surface area contributed by atoms with Gasteiger partial charge in [-0.1, -0.05) is 26.0 Å². The third kappa shape index (κ3) is 4.06. The maximum Gasteiger partial charge on any atom is 0.213 e. The predicted octanol–water partition coefficient (Wildman–Crippen LogP) is 3.58. The van der Waals surface area contributed by atoms with Gasteiger partial charge in [-0.05, 0) is 41.7 Å². The van der Waals surface area contributed by atoms with Gasteiger partial charge in [0.15, 0.2) is 0 Å². The number of pyridine rings is 1. The van der Waals surface area contributed by atoms with Crippen LogP contribution in [0.25, 0.3) is 11.1 Å². The lowest BCUT2D eigenvalue weighted by Gasteiger charge is -2.36. The number of rotatable bonds is 5. The molecule has 128 valence electrons. The van der Waals surface area contributed by atoms with Crippen molar-refractivity contribution in [3.05, 3.63) is 42.6 Å². The summed E-state index contributed by atoms with van der Waals surface area (Å²) in [6.07, 6.45) is 3.01. The van der Waals surface area contributed by atoms with E-state index in [4.69, 9.17) is 4.74 Å². The van der Waals surface area contributed by atoms with E-state index in [0.29, 0.717) is 11.9 Å². The number of aromatic nitrogens is 1. The van der Waals surface area contributed by atoms with Gasteiger partial charge in [0.1, 0.15) is 0 Å². The van der Waals surface area contributed by atoms with E-state index in [1.807, 2.05) is 12.1 Å². The van der Waals surface area contributed by atoms with E-state index in [1.165, 1.54) is 17.7 Å². The lowest BCUT2D eigenvalue weighted by molar-refractivity contribution is 0.388. The number of piperazine rings is 1. The third-order valence-electron chi connectivity index (χ3n) is 4.52. The number of nitrogens with one attached hydrogen (secondary N) is 1. The van der Waals surface area contributed by atoms with E-state index in [0.717, 1.165) is 31.1 Å². The van der Waals surface area contributed by atoms with Gasteiger partial charge in [-0.25, -0.2) is 4.98 Å². The molecule has 2 aromatic rings. The van der Waals surface area contributed by atoms with Crippen LogP contribution in [0.5, 0.6) is 5.88 Å². The second-order valence-electron chi connectivity index (χ2n) is 6.86. The molecule has 1 aliphatic heterocycles. The highest BCUT2D eigenvalue weighted by atomic mass is 16.5. The molecular weight excluding hydrogens is 298 g/mol. The molecule has 3 rings (SSSR count). The summed E-state index contributed by atoms with van der Waals surface area (Å²) in [4.78, 5) is 6.66. The van der Waals surface area contributed by atoms with Crippen molar-refractivity contribution in [3.63, 3.8) is 0 Å². The molecule has 0 spiro atoms. The Hall–Kier alpha value is -2.07. The third-order valence-corrected chi connectivity index (χ3v) is 4.52. The van der Waals surface area contributed by atoms with E-state index in [9.17, 15) is 0 Å². The first-order chi connectivity index (χ1) is 11.7. The van der Waals surface area contributed by atoms with Gasteiger partial charge < -0.3 is 15.0 Å². The fourth-order valence-corrected chi connectivity index (χ4v) is 3.35. The topological polar surface area (TPSA) is 37.4 Å². The van der Waals surface area contributed by atoms with Gasteiger partial charge in [0.05, 0.1) is 7.11 Å². The second kappa shape index (κ2) is 7.67. The molecule has 1 unspecified atom stereocenters. The van der Waals surface area contributed by atoms with Gasteiger partial charge in [0.25, 0.3) is 0 Å². The molecule has 1 aromatic heterocycles. The smallest absolute Gasteiger partial charge is 0.213 e. The van der Waals surface area contributed by atoms with Gasteiger partial charge in [0.2, 0.25) is 5.88 Å². The summed E-state index contributed by atoms with van der Waals surface area (Å²) < 4.78 is 5.21. The van der Waals surface area contributed by atoms with E-state index >= 15 is 0 Å². The zero-order chi connectivity index (χ0) is 16.9. The average Bonchev–Trinajstić information content (AvgIpc) is 2.61. The summed E-state index contributed by atoms with van der Waals surface area (Å²) >= 11 is 0. The number of ether oxygens (including phenoxy) is 1. The van der Waals surface area contributed by atoms with E-state index < -0.39 is 0 Å². The van der Waals surface area contributed by atoms with Crippen molar-refractivity contribution in [3.8, 4) is 17.0 Å². The van der Waals surface area contributed by atoms with Crippen molar-refractivity contribution in [2.45, 2.75) is 26.3 Å². The van der Waals surface area contributed by atoms with Crippen molar-refractivity contribution in [2.75, 3.05) is 31.6 Å². The molecule has 0 amide bonds. The molecule has 0 aliphatic carbocycles. The summed E-state index contributed by atoms with van der Waals surface area (Å²) in [5.41, 5.74) is 3.62. The molecule has 0 radical (unpaired) electrons. The predicted molar refractivity (Wildman–Crippen MR) is 99.7 cm³/mol. The average molecular weight is 325 g/mol. The van der Waals surface area contributed by atoms with Crippen LogP contribution >= 0.6 is 0 Å². The number of hydrogen-bond donors (Lipinski definition) is 1. The zero-order valence-electron chi connectivity index (χ0n) is 14.8. The number of methoxy groups -OCH3 is 1. The number of hydrogen-bond acceptors (Lipinski definition) is 4. The Bertz CT molecular complexity index is 654. The summed E-state index contributed by atoms with van der Waals surface area (Å²) in [6, 6.07) is 13.4. The number of nitrogens with zero attached hydrogens (tertiary/aromatic N) is 2. The Morgan fingerprint density at radius 2 is 2.00 bits per heavy atom. The molecule has 0 saturated carbocycles. The standard InChI is InChI=1S/C20H27N3O/c1-15(2)12-18-14-23(11-10-21-18)19-6-4-16(5-7-19)17-8-9-22-20(13-17)24-3/h4-9,13,15,18,21H,10-12,14H2,1-3H3. The van der Waals surface area contributed by atoms with Crippen LogP contribution in [0, 0.1) is 5.92 Å².